The van der Waals surface area contributed by atoms with Gasteiger partial charge in [-0.1, -0.05) is 23.7 Å². The highest BCUT2D eigenvalue weighted by molar-refractivity contribution is 7.92. The Morgan fingerprint density at radius 2 is 1.76 bits per heavy atom. The highest BCUT2D eigenvalue weighted by Gasteiger charge is 2.30. The fraction of sp³-hybridized carbons (Fsp3) is 0.438. The van der Waals surface area contributed by atoms with Gasteiger partial charge in [-0.25, -0.2) is 8.42 Å². The van der Waals surface area contributed by atoms with E-state index in [0.717, 1.165) is 69.0 Å². The number of fused-ring (bicyclic) bond motifs is 2. The zero-order chi connectivity index (χ0) is 32.0. The Hall–Kier alpha value is -3.78. The molecule has 2 saturated heterocycles. The molecule has 0 unspecified atom stereocenters. The topological polar surface area (TPSA) is 122 Å². The molecule has 0 amide bonds. The van der Waals surface area contributed by atoms with Crippen molar-refractivity contribution < 1.29 is 13.2 Å². The van der Waals surface area contributed by atoms with E-state index in [4.69, 9.17) is 21.3 Å². The Bertz CT molecular complexity index is 1850. The van der Waals surface area contributed by atoms with Crippen molar-refractivity contribution in [1.29, 1.82) is 0 Å². The quantitative estimate of drug-likeness (QED) is 0.245. The molecule has 0 atom stereocenters. The molecule has 46 heavy (non-hydrogen) atoms. The molecule has 3 N–H and O–H groups in total. The van der Waals surface area contributed by atoms with Crippen molar-refractivity contribution >= 4 is 67.2 Å². The van der Waals surface area contributed by atoms with E-state index >= 15 is 0 Å². The van der Waals surface area contributed by atoms with E-state index < -0.39 is 10.0 Å². The van der Waals surface area contributed by atoms with Crippen LogP contribution in [0.1, 0.15) is 18.4 Å². The summed E-state index contributed by atoms with van der Waals surface area (Å²) in [6.45, 7) is 7.02. The summed E-state index contributed by atoms with van der Waals surface area (Å²) in [5, 5.41) is 7.76. The van der Waals surface area contributed by atoms with Crippen molar-refractivity contribution in [3.05, 3.63) is 53.2 Å². The lowest BCUT2D eigenvalue weighted by molar-refractivity contribution is 0.0982. The molecule has 5 heterocycles. The van der Waals surface area contributed by atoms with Crippen molar-refractivity contribution in [2.24, 2.45) is 0 Å². The van der Waals surface area contributed by atoms with Crippen molar-refractivity contribution in [1.82, 2.24) is 24.8 Å². The third kappa shape index (κ3) is 6.04. The molecule has 0 aliphatic carbocycles. The first-order valence-electron chi connectivity index (χ1n) is 15.7. The highest BCUT2D eigenvalue weighted by atomic mass is 35.5. The lowest BCUT2D eigenvalue weighted by Gasteiger charge is -2.42. The number of hydrogen-bond donors (Lipinski definition) is 3. The number of aromatic amines is 1. The summed E-state index contributed by atoms with van der Waals surface area (Å²) in [6, 6.07) is 12.5. The Morgan fingerprint density at radius 3 is 2.50 bits per heavy atom. The number of methoxy groups -OCH3 is 1. The van der Waals surface area contributed by atoms with E-state index in [1.165, 1.54) is 10.6 Å². The third-order valence-electron chi connectivity index (χ3n) is 9.41. The minimum Gasteiger partial charge on any atom is -0.494 e. The van der Waals surface area contributed by atoms with Gasteiger partial charge in [-0.05, 0) is 50.1 Å². The fourth-order valence-electron chi connectivity index (χ4n) is 6.90. The van der Waals surface area contributed by atoms with Gasteiger partial charge in [0.15, 0.2) is 0 Å². The smallest absolute Gasteiger partial charge is 0.232 e. The number of halogens is 1. The summed E-state index contributed by atoms with van der Waals surface area (Å²) < 4.78 is 32.4. The van der Waals surface area contributed by atoms with Gasteiger partial charge in [-0.2, -0.15) is 9.97 Å². The average molecular weight is 666 g/mol. The van der Waals surface area contributed by atoms with Crippen LogP contribution in [0.5, 0.6) is 5.75 Å². The number of benzene rings is 2. The van der Waals surface area contributed by atoms with Gasteiger partial charge < -0.3 is 30.2 Å². The zero-order valence-corrected chi connectivity index (χ0v) is 28.0. The first-order chi connectivity index (χ1) is 22.2. The molecule has 0 spiro atoms. The summed E-state index contributed by atoms with van der Waals surface area (Å²) in [5.74, 6) is 1.47. The van der Waals surface area contributed by atoms with Crippen LogP contribution >= 0.6 is 11.6 Å². The number of piperidine rings is 1. The van der Waals surface area contributed by atoms with E-state index in [-0.39, 0.29) is 0 Å². The minimum atomic E-state index is -3.45. The number of nitrogens with zero attached hydrogens (tertiary/aromatic N) is 6. The molecule has 0 radical (unpaired) electrons. The number of H-pyrrole nitrogens is 1. The van der Waals surface area contributed by atoms with Crippen LogP contribution in [-0.2, 0) is 16.4 Å². The Labute approximate surface area is 274 Å². The average Bonchev–Trinajstić information content (AvgIpc) is 3.66. The van der Waals surface area contributed by atoms with Gasteiger partial charge in [0.05, 0.1) is 40.8 Å². The van der Waals surface area contributed by atoms with Crippen LogP contribution in [0.2, 0.25) is 5.02 Å². The van der Waals surface area contributed by atoms with Gasteiger partial charge in [-0.3, -0.25) is 9.21 Å². The zero-order valence-electron chi connectivity index (χ0n) is 26.4. The maximum absolute atomic E-state index is 12.6. The second-order valence-corrected chi connectivity index (χ2v) is 14.7. The van der Waals surface area contributed by atoms with E-state index in [2.05, 4.69) is 54.5 Å². The number of ether oxygens (including phenoxy) is 1. The van der Waals surface area contributed by atoms with E-state index in [1.807, 2.05) is 24.3 Å². The molecular formula is C32H40ClN9O3S. The predicted octanol–water partition coefficient (Wildman–Crippen LogP) is 4.65. The molecule has 0 saturated carbocycles. The third-order valence-corrected chi connectivity index (χ3v) is 10.9. The van der Waals surface area contributed by atoms with Crippen LogP contribution in [0.4, 0.5) is 34.5 Å². The minimum absolute atomic E-state index is 0.333. The summed E-state index contributed by atoms with van der Waals surface area (Å²) in [7, 11) is 0.410. The molecular weight excluding hydrogens is 626 g/mol. The first-order valence-corrected chi connectivity index (χ1v) is 17.9. The van der Waals surface area contributed by atoms with Gasteiger partial charge in [0.25, 0.3) is 0 Å². The molecule has 2 aromatic heterocycles. The maximum atomic E-state index is 12.6. The lowest BCUT2D eigenvalue weighted by atomic mass is 10.0. The standard InChI is InChI=1S/C32H40ClN9O3S/c1-39-15-17-41(18-16-39)22-10-12-40(13-11-22)23-7-8-25(27(19-23)45-2)36-32-37-30-28(24(33)20-34-30)31(38-32)35-26-6-4-5-21-9-14-42(29(21)26)46(3,43)44/h4-8,19-20,22H,9-18H2,1-3H3,(H3,34,35,36,37,38). The molecule has 2 aromatic carbocycles. The molecule has 7 rings (SSSR count). The molecule has 0 bridgehead atoms. The molecule has 244 valence electrons. The van der Waals surface area contributed by atoms with Gasteiger partial charge >= 0.3 is 0 Å². The molecule has 4 aromatic rings. The second-order valence-electron chi connectivity index (χ2n) is 12.3. The number of nitrogens with one attached hydrogen (secondary N) is 3. The number of rotatable bonds is 8. The van der Waals surface area contributed by atoms with Crippen molar-refractivity contribution in [3.8, 4) is 5.75 Å². The molecule has 12 nitrogen and oxygen atoms in total. The monoisotopic (exact) mass is 665 g/mol. The van der Waals surface area contributed by atoms with Crippen molar-refractivity contribution in [2.75, 3.05) is 86.1 Å². The normalized spacial score (nSPS) is 18.3. The lowest BCUT2D eigenvalue weighted by Crippen LogP contribution is -2.52. The largest absolute Gasteiger partial charge is 0.494 e. The summed E-state index contributed by atoms with van der Waals surface area (Å²) in [5.41, 5.74) is 4.60. The molecule has 3 aliphatic rings. The number of aromatic nitrogens is 3. The summed E-state index contributed by atoms with van der Waals surface area (Å²) >= 11 is 6.57. The van der Waals surface area contributed by atoms with Crippen LogP contribution in [0.25, 0.3) is 11.0 Å². The maximum Gasteiger partial charge on any atom is 0.232 e. The van der Waals surface area contributed by atoms with E-state index in [1.54, 1.807) is 13.3 Å². The van der Waals surface area contributed by atoms with Crippen LogP contribution in [0, 0.1) is 0 Å². The first kappa shape index (κ1) is 30.9. The van der Waals surface area contributed by atoms with Gasteiger partial charge in [-0.15, -0.1) is 0 Å². The Kier molecular flexibility index (Phi) is 8.34. The SMILES string of the molecule is COc1cc(N2CCC(N3CCN(C)CC3)CC2)ccc1Nc1nc(Nc2cccc3c2N(S(C)(=O)=O)CC3)c2c(Cl)c[nH]c2n1. The van der Waals surface area contributed by atoms with Gasteiger partial charge in [0.1, 0.15) is 17.2 Å². The Morgan fingerprint density at radius 1 is 0.978 bits per heavy atom. The van der Waals surface area contributed by atoms with E-state index in [9.17, 15) is 8.42 Å². The molecule has 14 heteroatoms. The second kappa shape index (κ2) is 12.4. The fourth-order valence-corrected chi connectivity index (χ4v) is 8.10. The highest BCUT2D eigenvalue weighted by Crippen LogP contribution is 2.41. The number of sulfonamides is 1. The van der Waals surface area contributed by atoms with Crippen LogP contribution in [0.3, 0.4) is 0 Å². The van der Waals surface area contributed by atoms with Gasteiger partial charge in [0.2, 0.25) is 16.0 Å². The van der Waals surface area contributed by atoms with Crippen LogP contribution in [0.15, 0.2) is 42.6 Å². The predicted molar refractivity (Wildman–Crippen MR) is 185 cm³/mol. The Balaban J connectivity index is 1.12. The molecule has 2 fully saturated rings. The number of piperazine rings is 1. The molecule has 3 aliphatic heterocycles. The number of hydrogen-bond acceptors (Lipinski definition) is 10. The summed E-state index contributed by atoms with van der Waals surface area (Å²) in [4.78, 5) is 20.1. The van der Waals surface area contributed by atoms with E-state index in [0.29, 0.717) is 64.0 Å². The number of para-hydroxylation sites is 1. The van der Waals surface area contributed by atoms with Gasteiger partial charge in [0, 0.05) is 69.8 Å². The van der Waals surface area contributed by atoms with Crippen molar-refractivity contribution in [3.63, 3.8) is 0 Å². The number of likely N-dealkylation sites (N-methyl/N-ethyl adjacent to an activating group) is 1. The van der Waals surface area contributed by atoms with Crippen molar-refractivity contribution in [2.45, 2.75) is 25.3 Å². The van der Waals surface area contributed by atoms with Crippen LogP contribution in [-0.4, -0.2) is 105 Å². The van der Waals surface area contributed by atoms with Crippen LogP contribution < -0.4 is 24.6 Å². The number of anilines is 6. The summed E-state index contributed by atoms with van der Waals surface area (Å²) in [6.07, 6.45) is 5.83.